The molecule has 22 heavy (non-hydrogen) atoms. The van der Waals surface area contributed by atoms with Crippen molar-refractivity contribution < 1.29 is 19.3 Å². The summed E-state index contributed by atoms with van der Waals surface area (Å²) in [5, 5.41) is 20.2. The van der Waals surface area contributed by atoms with Gasteiger partial charge in [-0.05, 0) is 5.92 Å². The normalized spacial score (nSPS) is 29.4. The molecule has 0 aliphatic carbocycles. The van der Waals surface area contributed by atoms with Crippen LogP contribution in [0.15, 0.2) is 6.33 Å². The lowest BCUT2D eigenvalue weighted by molar-refractivity contribution is -0.208. The van der Waals surface area contributed by atoms with E-state index in [2.05, 4.69) is 15.0 Å². The van der Waals surface area contributed by atoms with Crippen molar-refractivity contribution >= 4 is 17.0 Å². The summed E-state index contributed by atoms with van der Waals surface area (Å²) in [4.78, 5) is 11.1. The monoisotopic (exact) mass is 311 g/mol. The molecule has 120 valence electrons. The third kappa shape index (κ3) is 2.40. The number of nitrogens with two attached hydrogens (primary N) is 1. The van der Waals surface area contributed by atoms with Crippen LogP contribution in [0.3, 0.4) is 0 Å². The van der Waals surface area contributed by atoms with E-state index in [9.17, 15) is 14.6 Å². The number of hydrogen-bond acceptors (Lipinski definition) is 7. The average Bonchev–Trinajstić information content (AvgIpc) is 2.82. The zero-order valence-electron chi connectivity index (χ0n) is 12.2. The second-order valence-corrected chi connectivity index (χ2v) is 5.81. The lowest BCUT2D eigenvalue weighted by atomic mass is 9.94. The Hall–Kier alpha value is -1.84. The molecule has 1 aliphatic rings. The van der Waals surface area contributed by atoms with Gasteiger partial charge in [0, 0.05) is 6.42 Å². The number of ether oxygens (including phenoxy) is 1. The lowest BCUT2D eigenvalue weighted by Crippen LogP contribution is -2.47. The molecule has 0 saturated carbocycles. The van der Waals surface area contributed by atoms with E-state index in [0.29, 0.717) is 0 Å². The number of imidazole rings is 1. The van der Waals surface area contributed by atoms with Crippen LogP contribution in [0.1, 0.15) is 26.5 Å². The Morgan fingerprint density at radius 3 is 2.77 bits per heavy atom. The summed E-state index contributed by atoms with van der Waals surface area (Å²) >= 11 is 0. The van der Waals surface area contributed by atoms with Crippen molar-refractivity contribution in [2.75, 3.05) is 5.73 Å². The molecule has 0 spiro atoms. The summed E-state index contributed by atoms with van der Waals surface area (Å²) in [6.07, 6.45) is -2.46. The van der Waals surface area contributed by atoms with E-state index >= 15 is 0 Å². The van der Waals surface area contributed by atoms with Crippen molar-refractivity contribution in [1.82, 2.24) is 19.5 Å². The van der Waals surface area contributed by atoms with Crippen molar-refractivity contribution in [3.63, 3.8) is 0 Å². The van der Waals surface area contributed by atoms with Gasteiger partial charge in [-0.3, -0.25) is 4.57 Å². The van der Waals surface area contributed by atoms with Crippen molar-refractivity contribution in [3.8, 4) is 0 Å². The fraction of sp³-hybridized carbons (Fsp3) is 0.615. The highest BCUT2D eigenvalue weighted by molar-refractivity contribution is 5.81. The van der Waals surface area contributed by atoms with Crippen LogP contribution in [0.5, 0.6) is 0 Å². The fourth-order valence-corrected chi connectivity index (χ4v) is 2.79. The van der Waals surface area contributed by atoms with Crippen molar-refractivity contribution in [3.05, 3.63) is 12.4 Å². The highest BCUT2D eigenvalue weighted by Gasteiger charge is 2.39. The van der Waals surface area contributed by atoms with Crippen molar-refractivity contribution in [1.29, 1.82) is 0 Å². The van der Waals surface area contributed by atoms with E-state index in [0.717, 1.165) is 0 Å². The second kappa shape index (κ2) is 5.41. The number of aromatic nitrogens is 4. The molecule has 0 bridgehead atoms. The zero-order valence-corrected chi connectivity index (χ0v) is 12.2. The van der Waals surface area contributed by atoms with E-state index < -0.39 is 30.6 Å². The molecule has 1 unspecified atom stereocenters. The zero-order chi connectivity index (χ0) is 16.0. The van der Waals surface area contributed by atoms with Crippen LogP contribution < -0.4 is 5.73 Å². The number of fused-ring (bicyclic) bond motifs is 1. The topological polar surface area (TPSA) is 119 Å². The predicted octanol–water partition coefficient (Wildman–Crippen LogP) is 0.213. The van der Waals surface area contributed by atoms with Gasteiger partial charge in [0.1, 0.15) is 6.10 Å². The molecular formula is C13H18FN5O3. The van der Waals surface area contributed by atoms with Crippen molar-refractivity contribution in [2.24, 2.45) is 5.92 Å². The van der Waals surface area contributed by atoms with Gasteiger partial charge in [-0.2, -0.15) is 14.4 Å². The first-order valence-corrected chi connectivity index (χ1v) is 7.05. The van der Waals surface area contributed by atoms with E-state index in [1.807, 2.05) is 13.8 Å². The molecular weight excluding hydrogens is 293 g/mol. The summed E-state index contributed by atoms with van der Waals surface area (Å²) in [6, 6.07) is 0. The molecule has 1 aliphatic heterocycles. The summed E-state index contributed by atoms with van der Waals surface area (Å²) in [5.74, 6) is -0.0248. The maximum Gasteiger partial charge on any atom is 0.312 e. The molecule has 1 saturated heterocycles. The highest BCUT2D eigenvalue weighted by Crippen LogP contribution is 2.33. The van der Waals surface area contributed by atoms with Crippen LogP contribution >= 0.6 is 0 Å². The molecule has 4 N–H and O–H groups in total. The number of nitrogens with zero attached hydrogens (tertiary/aromatic N) is 4. The largest absolute Gasteiger partial charge is 0.390 e. The third-order valence-corrected chi connectivity index (χ3v) is 3.84. The molecule has 1 fully saturated rings. The number of rotatable bonds is 2. The molecule has 0 aromatic carbocycles. The van der Waals surface area contributed by atoms with E-state index in [-0.39, 0.29) is 29.3 Å². The minimum absolute atomic E-state index is 0.0521. The quantitative estimate of drug-likeness (QED) is 0.678. The molecule has 0 amide bonds. The van der Waals surface area contributed by atoms with Gasteiger partial charge in [0.25, 0.3) is 0 Å². The van der Waals surface area contributed by atoms with Crippen LogP contribution in [-0.4, -0.2) is 48.0 Å². The molecule has 3 heterocycles. The van der Waals surface area contributed by atoms with Gasteiger partial charge in [-0.15, -0.1) is 0 Å². The third-order valence-electron chi connectivity index (χ3n) is 3.84. The predicted molar refractivity (Wildman–Crippen MR) is 75.1 cm³/mol. The molecule has 4 atom stereocenters. The van der Waals surface area contributed by atoms with E-state index in [1.165, 1.54) is 10.9 Å². The number of nitrogen functional groups attached to an aromatic ring is 1. The Kier molecular flexibility index (Phi) is 3.71. The Labute approximate surface area is 125 Å². The first-order valence-electron chi connectivity index (χ1n) is 7.05. The van der Waals surface area contributed by atoms with E-state index in [4.69, 9.17) is 10.5 Å². The SMILES string of the molecule is CC(C)[C@H]1O[C@@H](n2cnc3c(N)nc(F)nc32)C(O)C[C@H]1O. The molecule has 2 aromatic heterocycles. The smallest absolute Gasteiger partial charge is 0.312 e. The van der Waals surface area contributed by atoms with Gasteiger partial charge in [0.2, 0.25) is 0 Å². The average molecular weight is 311 g/mol. The maximum absolute atomic E-state index is 13.4. The molecule has 9 heteroatoms. The second-order valence-electron chi connectivity index (χ2n) is 5.81. The number of aliphatic hydroxyl groups is 2. The molecule has 2 aromatic rings. The minimum atomic E-state index is -0.975. The van der Waals surface area contributed by atoms with Gasteiger partial charge >= 0.3 is 6.08 Å². The Balaban J connectivity index is 2.03. The molecule has 3 rings (SSSR count). The standard InChI is InChI=1S/C13H18FN5O3/c1-5(2)9-6(20)3-7(21)12(22-9)19-4-16-8-10(15)17-13(14)18-11(8)19/h4-7,9,12,20-21H,3H2,1-2H3,(H2,15,17,18)/t6-,7?,9-,12-/m1/s1. The van der Waals surface area contributed by atoms with Crippen LogP contribution in [-0.2, 0) is 4.74 Å². The number of hydrogen-bond donors (Lipinski definition) is 3. The van der Waals surface area contributed by atoms with Gasteiger partial charge in [-0.1, -0.05) is 13.8 Å². The van der Waals surface area contributed by atoms with Crippen LogP contribution in [0.4, 0.5) is 10.2 Å². The Bertz CT molecular complexity index is 692. The van der Waals surface area contributed by atoms with Gasteiger partial charge < -0.3 is 20.7 Å². The first kappa shape index (κ1) is 15.1. The Morgan fingerprint density at radius 1 is 1.36 bits per heavy atom. The first-order chi connectivity index (χ1) is 10.4. The van der Waals surface area contributed by atoms with Gasteiger partial charge in [0.05, 0.1) is 18.5 Å². The van der Waals surface area contributed by atoms with Gasteiger partial charge in [-0.25, -0.2) is 4.98 Å². The summed E-state index contributed by atoms with van der Waals surface area (Å²) in [5.41, 5.74) is 6.01. The lowest BCUT2D eigenvalue weighted by Gasteiger charge is -2.39. The number of aliphatic hydroxyl groups excluding tert-OH is 2. The molecule has 8 nitrogen and oxygen atoms in total. The summed E-state index contributed by atoms with van der Waals surface area (Å²) < 4.78 is 20.6. The van der Waals surface area contributed by atoms with Crippen LogP contribution in [0, 0.1) is 12.0 Å². The number of anilines is 1. The highest BCUT2D eigenvalue weighted by atomic mass is 19.1. The van der Waals surface area contributed by atoms with E-state index in [1.54, 1.807) is 0 Å². The summed E-state index contributed by atoms with van der Waals surface area (Å²) in [6.45, 7) is 3.82. The maximum atomic E-state index is 13.4. The summed E-state index contributed by atoms with van der Waals surface area (Å²) in [7, 11) is 0. The van der Waals surface area contributed by atoms with Gasteiger partial charge in [0.15, 0.2) is 23.2 Å². The minimum Gasteiger partial charge on any atom is -0.390 e. The number of halogens is 1. The fourth-order valence-electron chi connectivity index (χ4n) is 2.79. The Morgan fingerprint density at radius 2 is 2.09 bits per heavy atom. The van der Waals surface area contributed by atoms with Crippen molar-refractivity contribution in [2.45, 2.75) is 44.8 Å². The van der Waals surface area contributed by atoms with Crippen LogP contribution in [0.25, 0.3) is 11.2 Å². The molecule has 0 radical (unpaired) electrons. The van der Waals surface area contributed by atoms with Crippen LogP contribution in [0.2, 0.25) is 0 Å².